The van der Waals surface area contributed by atoms with Crippen LogP contribution >= 0.6 is 0 Å². The number of amides is 1. The Bertz CT molecular complexity index is 1080. The summed E-state index contributed by atoms with van der Waals surface area (Å²) in [5.74, 6) is -45.9. The minimum atomic E-state index is -7.36. The first-order valence-electron chi connectivity index (χ1n) is 11.5. The van der Waals surface area contributed by atoms with Gasteiger partial charge in [-0.15, -0.1) is 0 Å². The third-order valence-corrected chi connectivity index (χ3v) is 6.16. The molecule has 1 amide bonds. The van der Waals surface area contributed by atoms with Crippen molar-refractivity contribution in [2.75, 3.05) is 32.1 Å². The Hall–Kier alpha value is -1.16. The van der Waals surface area contributed by atoms with Crippen LogP contribution in [0.1, 0.15) is 26.2 Å². The normalized spacial score (nSPS) is 14.9. The summed E-state index contributed by atoms with van der Waals surface area (Å²) in [5, 5.41) is 1.70. The topological polar surface area (TPSA) is 114 Å². The third kappa shape index (κ3) is 12.0. The Morgan fingerprint density at radius 3 is 1.30 bits per heavy atom. The van der Waals surface area contributed by atoms with Gasteiger partial charge in [0.25, 0.3) is 0 Å². The van der Waals surface area contributed by atoms with Gasteiger partial charge < -0.3 is 24.1 Å². The number of halogens is 18. The number of alkyl halides is 18. The first kappa shape index (κ1) is 48.0. The van der Waals surface area contributed by atoms with E-state index in [1.807, 2.05) is 0 Å². The van der Waals surface area contributed by atoms with E-state index in [1.165, 1.54) is 0 Å². The fourth-order valence-corrected chi connectivity index (χ4v) is 3.23. The second-order valence-electron chi connectivity index (χ2n) is 9.15. The number of alkyl carbamates (subject to hydrolysis) is 1. The van der Waals surface area contributed by atoms with Crippen LogP contribution in [0.5, 0.6) is 0 Å². The molecule has 276 valence electrons. The van der Waals surface area contributed by atoms with Gasteiger partial charge in [0.05, 0.1) is 23.3 Å². The molecule has 8 nitrogen and oxygen atoms in total. The van der Waals surface area contributed by atoms with Crippen molar-refractivity contribution in [2.45, 2.75) is 79.9 Å². The summed E-state index contributed by atoms with van der Waals surface area (Å²) >= 11 is 0. The molecule has 0 unspecified atom stereocenters. The summed E-state index contributed by atoms with van der Waals surface area (Å²) in [6.45, 7) is -6.32. The molecule has 0 aliphatic heterocycles. The third-order valence-electron chi connectivity index (χ3n) is 5.37. The molecule has 0 atom stereocenters. The zero-order valence-corrected chi connectivity index (χ0v) is 26.0. The van der Waals surface area contributed by atoms with Crippen LogP contribution in [0.25, 0.3) is 0 Å². The van der Waals surface area contributed by atoms with Gasteiger partial charge in [0.1, 0.15) is 6.61 Å². The van der Waals surface area contributed by atoms with Crippen molar-refractivity contribution < 1.29 is 141 Å². The molecule has 0 heterocycles. The second kappa shape index (κ2) is 15.8. The SMILES string of the molecule is CC(COC(=O)NCCCS(=O)(=O)[O-])(OCCC(F)(F)C(F)(F)C(F)(F)C(F)(F)F)OCCC(F)(F)C(F)(F)C(F)(F)C(F)(F)F.[Na+]. The number of carbonyl (C=O) groups excluding carboxylic acids is 1. The number of nitrogens with one attached hydrogen (secondary N) is 1. The van der Waals surface area contributed by atoms with Crippen molar-refractivity contribution in [1.82, 2.24) is 5.32 Å². The molecule has 0 aromatic heterocycles. The van der Waals surface area contributed by atoms with Crippen molar-refractivity contribution in [3.05, 3.63) is 0 Å². The van der Waals surface area contributed by atoms with Gasteiger partial charge in [-0.05, 0) is 13.3 Å². The van der Waals surface area contributed by atoms with E-state index < -0.39 is 121 Å². The van der Waals surface area contributed by atoms with Crippen molar-refractivity contribution >= 4 is 16.2 Å². The van der Waals surface area contributed by atoms with Crippen LogP contribution in [0.3, 0.4) is 0 Å². The molecule has 0 aliphatic rings. The maximum atomic E-state index is 13.8. The van der Waals surface area contributed by atoms with Gasteiger partial charge in [0, 0.05) is 25.1 Å². The van der Waals surface area contributed by atoms with E-state index in [4.69, 9.17) is 0 Å². The average molecular weight is 771 g/mol. The predicted octanol–water partition coefficient (Wildman–Crippen LogP) is 3.12. The number of hydrogen-bond acceptors (Lipinski definition) is 7. The van der Waals surface area contributed by atoms with Crippen molar-refractivity contribution in [1.29, 1.82) is 0 Å². The molecule has 0 saturated heterocycles. The molecule has 0 aromatic carbocycles. The predicted molar refractivity (Wildman–Crippen MR) is 110 cm³/mol. The van der Waals surface area contributed by atoms with Crippen LogP contribution in [0.15, 0.2) is 0 Å². The fraction of sp³-hybridized carbons (Fsp3) is 0.947. The minimum absolute atomic E-state index is 0. The summed E-state index contributed by atoms with van der Waals surface area (Å²) in [6, 6.07) is 0. The zero-order chi connectivity index (χ0) is 37.1. The van der Waals surface area contributed by atoms with E-state index in [0.29, 0.717) is 0 Å². The summed E-state index contributed by atoms with van der Waals surface area (Å²) in [5.41, 5.74) is 0. The van der Waals surface area contributed by atoms with Crippen LogP contribution in [0, 0.1) is 0 Å². The number of carbonyl (C=O) groups is 1. The van der Waals surface area contributed by atoms with Crippen LogP contribution in [-0.2, 0) is 24.3 Å². The van der Waals surface area contributed by atoms with Crippen LogP contribution in [-0.4, -0.2) is 105 Å². The van der Waals surface area contributed by atoms with Gasteiger partial charge >= 0.3 is 83.5 Å². The molecule has 47 heavy (non-hydrogen) atoms. The number of rotatable bonds is 18. The summed E-state index contributed by atoms with van der Waals surface area (Å²) in [4.78, 5) is 11.7. The Morgan fingerprint density at radius 1 is 0.660 bits per heavy atom. The zero-order valence-electron chi connectivity index (χ0n) is 23.2. The van der Waals surface area contributed by atoms with E-state index in [0.717, 1.165) is 0 Å². The second-order valence-corrected chi connectivity index (χ2v) is 10.7. The Balaban J connectivity index is 0. The Labute approximate surface area is 273 Å². The van der Waals surface area contributed by atoms with Crippen molar-refractivity contribution in [2.24, 2.45) is 0 Å². The first-order valence-corrected chi connectivity index (χ1v) is 13.1. The average Bonchev–Trinajstić information content (AvgIpc) is 2.82. The van der Waals surface area contributed by atoms with Gasteiger partial charge in [0.15, 0.2) is 5.79 Å². The Morgan fingerprint density at radius 2 is 1.00 bits per heavy atom. The molecule has 0 aromatic rings. The van der Waals surface area contributed by atoms with E-state index >= 15 is 0 Å². The number of hydrogen-bond donors (Lipinski definition) is 1. The van der Waals surface area contributed by atoms with Crippen molar-refractivity contribution in [3.63, 3.8) is 0 Å². The molecule has 0 radical (unpaired) electrons. The molecule has 0 fully saturated rings. The summed E-state index contributed by atoms with van der Waals surface area (Å²) in [7, 11) is -4.79. The van der Waals surface area contributed by atoms with E-state index in [9.17, 15) is 96.8 Å². The Kier molecular flexibility index (Phi) is 16.1. The van der Waals surface area contributed by atoms with E-state index in [-0.39, 0.29) is 36.5 Å². The smallest absolute Gasteiger partial charge is 0.748 e. The largest absolute Gasteiger partial charge is 1.00 e. The standard InChI is InChI=1S/C19H21F18NO7S.Na/c1-11(9-43-10(39)38-5-2-8-46(40,41)42,44-6-3-12(20,21)14(24,25)16(28,29)18(32,33)34)45-7-4-13(22,23)15(26,27)17(30,31)19(35,36)37;/h2-9H2,1H3,(H,38,39)(H,40,41,42);/q;+1/p-1. The van der Waals surface area contributed by atoms with E-state index in [1.54, 1.807) is 5.32 Å². The first-order chi connectivity index (χ1) is 20.0. The molecule has 28 heteroatoms. The van der Waals surface area contributed by atoms with Crippen LogP contribution in [0.4, 0.5) is 83.8 Å². The van der Waals surface area contributed by atoms with Gasteiger partial charge in [-0.2, -0.15) is 79.0 Å². The molecule has 0 spiro atoms. The van der Waals surface area contributed by atoms with Crippen LogP contribution in [0.2, 0.25) is 0 Å². The molecular weight excluding hydrogens is 751 g/mol. The maximum absolute atomic E-state index is 13.8. The fourth-order valence-electron chi connectivity index (χ4n) is 2.73. The molecule has 0 rings (SSSR count). The number of ether oxygens (including phenoxy) is 3. The minimum Gasteiger partial charge on any atom is -0.748 e. The molecule has 0 bridgehead atoms. The van der Waals surface area contributed by atoms with Gasteiger partial charge in [-0.3, -0.25) is 0 Å². The summed E-state index contributed by atoms with van der Waals surface area (Å²) < 4.78 is 279. The molecular formula is C19H20F18NNaO7S. The maximum Gasteiger partial charge on any atom is 1.00 e. The molecule has 1 N–H and O–H groups in total. The van der Waals surface area contributed by atoms with Crippen LogP contribution < -0.4 is 34.9 Å². The monoisotopic (exact) mass is 771 g/mol. The quantitative estimate of drug-likeness (QED) is 0.0750. The van der Waals surface area contributed by atoms with Gasteiger partial charge in [-0.25, -0.2) is 13.2 Å². The molecule has 0 aliphatic carbocycles. The van der Waals surface area contributed by atoms with Crippen molar-refractivity contribution in [3.8, 4) is 0 Å². The van der Waals surface area contributed by atoms with Gasteiger partial charge in [0.2, 0.25) is 0 Å². The molecule has 0 saturated carbocycles. The van der Waals surface area contributed by atoms with Gasteiger partial charge in [-0.1, -0.05) is 0 Å². The summed E-state index contributed by atoms with van der Waals surface area (Å²) in [6.07, 6.45) is -22.3. The van der Waals surface area contributed by atoms with E-state index in [2.05, 4.69) is 14.2 Å².